The lowest BCUT2D eigenvalue weighted by atomic mass is 10.1. The lowest BCUT2D eigenvalue weighted by Crippen LogP contribution is -2.42. The molecule has 1 saturated heterocycles. The second-order valence-electron chi connectivity index (χ2n) is 6.09. The van der Waals surface area contributed by atoms with Crippen molar-refractivity contribution < 1.29 is 17.9 Å². The Balaban J connectivity index is 1.95. The minimum atomic E-state index is -3.05. The third-order valence-electron chi connectivity index (χ3n) is 3.77. The summed E-state index contributed by atoms with van der Waals surface area (Å²) in [5.41, 5.74) is 0.667. The van der Waals surface area contributed by atoms with Gasteiger partial charge in [0.15, 0.2) is 9.84 Å². The highest BCUT2D eigenvalue weighted by atomic mass is 32.2. The van der Waals surface area contributed by atoms with Crippen molar-refractivity contribution in [3.05, 3.63) is 36.5 Å². The van der Waals surface area contributed by atoms with Crippen molar-refractivity contribution in [2.45, 2.75) is 24.7 Å². The third-order valence-corrected chi connectivity index (χ3v) is 4.63. The van der Waals surface area contributed by atoms with Crippen LogP contribution in [0.25, 0.3) is 0 Å². The van der Waals surface area contributed by atoms with E-state index in [-0.39, 0.29) is 11.9 Å². The van der Waals surface area contributed by atoms with Crippen LogP contribution in [0.15, 0.2) is 31.0 Å². The molecule has 0 spiro atoms. The predicted molar refractivity (Wildman–Crippen MR) is 93.9 cm³/mol. The van der Waals surface area contributed by atoms with Crippen LogP contribution < -0.4 is 4.74 Å². The number of hydrogen-bond acceptors (Lipinski definition) is 6. The molecule has 1 aromatic rings. The molecule has 0 radical (unpaired) electrons. The Morgan fingerprint density at radius 1 is 1.42 bits per heavy atom. The Morgan fingerprint density at radius 2 is 2.17 bits per heavy atom. The second-order valence-corrected chi connectivity index (χ2v) is 8.23. The number of pyridine rings is 1. The summed E-state index contributed by atoms with van der Waals surface area (Å²) in [7, 11) is -3.05. The minimum absolute atomic E-state index is 0.00600. The fourth-order valence-electron chi connectivity index (χ4n) is 2.60. The van der Waals surface area contributed by atoms with E-state index in [1.165, 1.54) is 6.26 Å². The number of nitrogens with zero attached hydrogens (tertiary/aromatic N) is 2. The molecule has 1 aromatic heterocycles. The summed E-state index contributed by atoms with van der Waals surface area (Å²) < 4.78 is 34.0. The molecule has 0 bridgehead atoms. The summed E-state index contributed by atoms with van der Waals surface area (Å²) in [6.45, 7) is 7.93. The van der Waals surface area contributed by atoms with E-state index in [1.807, 2.05) is 6.08 Å². The normalized spacial score (nSPS) is 17.4. The van der Waals surface area contributed by atoms with Crippen LogP contribution in [0.3, 0.4) is 0 Å². The van der Waals surface area contributed by atoms with Crippen molar-refractivity contribution in [2.24, 2.45) is 0 Å². The summed E-state index contributed by atoms with van der Waals surface area (Å²) in [5.74, 6) is 0.517. The molecule has 1 fully saturated rings. The van der Waals surface area contributed by atoms with E-state index >= 15 is 0 Å². The van der Waals surface area contributed by atoms with E-state index in [0.717, 1.165) is 45.7 Å². The zero-order valence-corrected chi connectivity index (χ0v) is 15.0. The molecule has 0 N–H and O–H groups in total. The van der Waals surface area contributed by atoms with Crippen LogP contribution >= 0.6 is 0 Å². The number of aromatic nitrogens is 1. The van der Waals surface area contributed by atoms with Crippen LogP contribution in [0.4, 0.5) is 0 Å². The molecule has 134 valence electrons. The quantitative estimate of drug-likeness (QED) is 0.629. The van der Waals surface area contributed by atoms with Crippen LogP contribution in [-0.4, -0.2) is 63.5 Å². The number of morpholine rings is 1. The summed E-state index contributed by atoms with van der Waals surface area (Å²) in [6.07, 6.45) is 6.43. The monoisotopic (exact) mass is 354 g/mol. The molecule has 2 rings (SSSR count). The maximum Gasteiger partial charge on any atom is 0.213 e. The summed E-state index contributed by atoms with van der Waals surface area (Å²) in [4.78, 5) is 6.58. The molecule has 6 nitrogen and oxygen atoms in total. The van der Waals surface area contributed by atoms with Crippen molar-refractivity contribution in [3.63, 3.8) is 0 Å². The van der Waals surface area contributed by atoms with E-state index in [2.05, 4.69) is 16.5 Å². The first-order chi connectivity index (χ1) is 11.5. The zero-order chi connectivity index (χ0) is 17.4. The van der Waals surface area contributed by atoms with Crippen molar-refractivity contribution in [1.29, 1.82) is 0 Å². The van der Waals surface area contributed by atoms with Crippen LogP contribution in [-0.2, 0) is 20.3 Å². The molecule has 0 aliphatic carbocycles. The van der Waals surface area contributed by atoms with Gasteiger partial charge in [0, 0.05) is 38.2 Å². The van der Waals surface area contributed by atoms with Gasteiger partial charge in [-0.3, -0.25) is 4.90 Å². The Kier molecular flexibility index (Phi) is 7.20. The van der Waals surface area contributed by atoms with Crippen LogP contribution in [0.2, 0.25) is 0 Å². The fourth-order valence-corrected chi connectivity index (χ4v) is 3.38. The number of ether oxygens (including phenoxy) is 2. The highest BCUT2D eigenvalue weighted by Gasteiger charge is 2.18. The summed E-state index contributed by atoms with van der Waals surface area (Å²) in [5, 5.41) is 0. The standard InChI is InChI=1S/C17H26N2O4S/c1-3-4-5-16(13-19-8-10-22-11-9-19)23-17-7-6-15(12-18-17)14-24(2,20)21/h3,6-7,12,16H,1,4-5,8-11,13-14H2,2H3. The number of rotatable bonds is 9. The van der Waals surface area contributed by atoms with E-state index in [1.54, 1.807) is 18.3 Å². The summed E-state index contributed by atoms with van der Waals surface area (Å²) in [6, 6.07) is 3.49. The highest BCUT2D eigenvalue weighted by molar-refractivity contribution is 7.89. The van der Waals surface area contributed by atoms with Crippen LogP contribution in [0, 0.1) is 0 Å². The van der Waals surface area contributed by atoms with Crippen LogP contribution in [0.1, 0.15) is 18.4 Å². The van der Waals surface area contributed by atoms with Gasteiger partial charge in [-0.15, -0.1) is 6.58 Å². The van der Waals surface area contributed by atoms with Gasteiger partial charge >= 0.3 is 0 Å². The molecular weight excluding hydrogens is 328 g/mol. The molecule has 0 aromatic carbocycles. The maximum absolute atomic E-state index is 11.3. The van der Waals surface area contributed by atoms with Gasteiger partial charge in [-0.1, -0.05) is 12.1 Å². The van der Waals surface area contributed by atoms with E-state index in [9.17, 15) is 8.42 Å². The van der Waals surface area contributed by atoms with Gasteiger partial charge in [0.25, 0.3) is 0 Å². The maximum atomic E-state index is 11.3. The molecule has 1 unspecified atom stereocenters. The average molecular weight is 354 g/mol. The lowest BCUT2D eigenvalue weighted by Gasteiger charge is -2.30. The number of hydrogen-bond donors (Lipinski definition) is 0. The van der Waals surface area contributed by atoms with Crippen molar-refractivity contribution in [1.82, 2.24) is 9.88 Å². The van der Waals surface area contributed by atoms with Crippen molar-refractivity contribution >= 4 is 9.84 Å². The molecule has 2 heterocycles. The molecule has 1 aliphatic rings. The molecule has 0 amide bonds. The molecule has 1 atom stereocenters. The van der Waals surface area contributed by atoms with Gasteiger partial charge in [-0.2, -0.15) is 0 Å². The van der Waals surface area contributed by atoms with Crippen molar-refractivity contribution in [3.8, 4) is 5.88 Å². The Labute approximate surface area is 144 Å². The third kappa shape index (κ3) is 6.98. The molecule has 1 aliphatic heterocycles. The first-order valence-electron chi connectivity index (χ1n) is 8.16. The smallest absolute Gasteiger partial charge is 0.213 e. The van der Waals surface area contributed by atoms with Gasteiger partial charge in [-0.05, 0) is 18.4 Å². The second kappa shape index (κ2) is 9.15. The Hall–Kier alpha value is -1.44. The van der Waals surface area contributed by atoms with Gasteiger partial charge in [-0.25, -0.2) is 13.4 Å². The molecule has 7 heteroatoms. The van der Waals surface area contributed by atoms with Gasteiger partial charge in [0.05, 0.1) is 19.0 Å². The SMILES string of the molecule is C=CCCC(CN1CCOCC1)Oc1ccc(CS(C)(=O)=O)cn1. The Bertz CT molecular complexity index is 610. The number of allylic oxidation sites excluding steroid dienone is 1. The summed E-state index contributed by atoms with van der Waals surface area (Å²) >= 11 is 0. The van der Waals surface area contributed by atoms with Gasteiger partial charge in [0.1, 0.15) is 6.10 Å². The fraction of sp³-hybridized carbons (Fsp3) is 0.588. The zero-order valence-electron chi connectivity index (χ0n) is 14.2. The van der Waals surface area contributed by atoms with E-state index in [4.69, 9.17) is 9.47 Å². The molecule has 0 saturated carbocycles. The minimum Gasteiger partial charge on any atom is -0.473 e. The van der Waals surface area contributed by atoms with Gasteiger partial charge < -0.3 is 9.47 Å². The van der Waals surface area contributed by atoms with Crippen LogP contribution in [0.5, 0.6) is 5.88 Å². The highest BCUT2D eigenvalue weighted by Crippen LogP contribution is 2.15. The van der Waals surface area contributed by atoms with Gasteiger partial charge in [0.2, 0.25) is 5.88 Å². The molecule has 24 heavy (non-hydrogen) atoms. The topological polar surface area (TPSA) is 68.7 Å². The van der Waals surface area contributed by atoms with E-state index < -0.39 is 9.84 Å². The predicted octanol–water partition coefficient (Wildman–Crippen LogP) is 1.67. The molecular formula is C17H26N2O4S. The van der Waals surface area contributed by atoms with Crippen molar-refractivity contribution in [2.75, 3.05) is 39.1 Å². The lowest BCUT2D eigenvalue weighted by molar-refractivity contribution is 0.0174. The average Bonchev–Trinajstić information content (AvgIpc) is 2.54. The first-order valence-corrected chi connectivity index (χ1v) is 10.2. The Morgan fingerprint density at radius 3 is 2.75 bits per heavy atom. The largest absolute Gasteiger partial charge is 0.473 e. The van der Waals surface area contributed by atoms with E-state index in [0.29, 0.717) is 11.4 Å². The number of sulfone groups is 1. The first kappa shape index (κ1) is 18.9.